The Morgan fingerprint density at radius 3 is 2.62 bits per heavy atom. The lowest BCUT2D eigenvalue weighted by Crippen LogP contribution is -2.63. The van der Waals surface area contributed by atoms with Crippen molar-refractivity contribution in [3.8, 4) is 0 Å². The van der Waals surface area contributed by atoms with Crippen LogP contribution in [-0.2, 0) is 14.3 Å². The molecular weight excluding hydrogens is 338 g/mol. The van der Waals surface area contributed by atoms with Gasteiger partial charge in [0.2, 0.25) is 5.60 Å². The van der Waals surface area contributed by atoms with E-state index in [1.807, 2.05) is 6.08 Å². The van der Waals surface area contributed by atoms with Crippen molar-refractivity contribution in [2.24, 2.45) is 0 Å². The maximum absolute atomic E-state index is 12.4. The number of methoxy groups -OCH3 is 1. The molecule has 3 N–H and O–H groups in total. The second-order valence-electron chi connectivity index (χ2n) is 6.85. The number of aliphatic hydroxyl groups excluding tert-OH is 1. The second kappa shape index (κ2) is 7.68. The first-order valence-electron chi connectivity index (χ1n) is 7.88. The van der Waals surface area contributed by atoms with Crippen molar-refractivity contribution < 1.29 is 29.6 Å². The Kier molecular flexibility index (Phi) is 6.83. The third-order valence-electron chi connectivity index (χ3n) is 4.99. The summed E-state index contributed by atoms with van der Waals surface area (Å²) < 4.78 is 10.3. The van der Waals surface area contributed by atoms with E-state index < -0.39 is 29.4 Å². The number of halogens is 1. The molecule has 0 aromatic heterocycles. The fourth-order valence-electron chi connectivity index (χ4n) is 3.37. The standard InChI is InChI=1S/C16H27NO6.ClH/c1-10(22-4)16(21,15(2,3)20)14(19)23-9-11-5-7-17-8-6-12(18)13(11)17;/h5,10,12-13,18,20-21H,6-9H2,1-4H3;1H/t10?,12-,13+,16?;/m0./s1. The maximum Gasteiger partial charge on any atom is 0.344 e. The molecule has 2 unspecified atom stereocenters. The van der Waals surface area contributed by atoms with Gasteiger partial charge in [-0.2, -0.15) is 0 Å². The van der Waals surface area contributed by atoms with Gasteiger partial charge < -0.3 is 24.8 Å². The molecule has 4 atom stereocenters. The molecule has 2 rings (SSSR count). The number of rotatable bonds is 6. The van der Waals surface area contributed by atoms with E-state index in [0.717, 1.165) is 18.7 Å². The number of hydrogen-bond donors (Lipinski definition) is 3. The van der Waals surface area contributed by atoms with Crippen LogP contribution >= 0.6 is 12.4 Å². The first-order valence-corrected chi connectivity index (χ1v) is 7.88. The molecule has 140 valence electrons. The highest BCUT2D eigenvalue weighted by Crippen LogP contribution is 2.31. The van der Waals surface area contributed by atoms with Gasteiger partial charge in [-0.25, -0.2) is 4.79 Å². The third kappa shape index (κ3) is 3.61. The highest BCUT2D eigenvalue weighted by Gasteiger charge is 2.55. The molecule has 0 spiro atoms. The molecule has 24 heavy (non-hydrogen) atoms. The number of fused-ring (bicyclic) bond motifs is 1. The summed E-state index contributed by atoms with van der Waals surface area (Å²) in [6, 6.07) is -0.127. The van der Waals surface area contributed by atoms with E-state index in [1.54, 1.807) is 0 Å². The van der Waals surface area contributed by atoms with Crippen LogP contribution in [0.5, 0.6) is 0 Å². The van der Waals surface area contributed by atoms with Gasteiger partial charge in [0.05, 0.1) is 18.2 Å². The number of ether oxygens (including phenoxy) is 2. The van der Waals surface area contributed by atoms with E-state index >= 15 is 0 Å². The minimum atomic E-state index is -2.19. The van der Waals surface area contributed by atoms with E-state index in [2.05, 4.69) is 4.90 Å². The molecule has 0 amide bonds. The summed E-state index contributed by atoms with van der Waals surface area (Å²) in [5, 5.41) is 30.9. The van der Waals surface area contributed by atoms with Crippen LogP contribution in [-0.4, -0.2) is 82.4 Å². The van der Waals surface area contributed by atoms with Crippen LogP contribution in [0.3, 0.4) is 0 Å². The van der Waals surface area contributed by atoms with E-state index in [4.69, 9.17) is 9.47 Å². The normalized spacial score (nSPS) is 27.7. The van der Waals surface area contributed by atoms with E-state index in [0.29, 0.717) is 6.42 Å². The third-order valence-corrected chi connectivity index (χ3v) is 4.99. The zero-order chi connectivity index (χ0) is 17.4. The molecule has 0 bridgehead atoms. The van der Waals surface area contributed by atoms with Crippen molar-refractivity contribution >= 4 is 18.4 Å². The van der Waals surface area contributed by atoms with Gasteiger partial charge in [-0.1, -0.05) is 6.08 Å². The van der Waals surface area contributed by atoms with Gasteiger partial charge >= 0.3 is 5.97 Å². The van der Waals surface area contributed by atoms with Crippen LogP contribution in [0.25, 0.3) is 0 Å². The highest BCUT2D eigenvalue weighted by molar-refractivity contribution is 5.85. The summed E-state index contributed by atoms with van der Waals surface area (Å²) in [5.74, 6) is -0.939. The van der Waals surface area contributed by atoms with Gasteiger partial charge in [0.15, 0.2) is 0 Å². The molecule has 2 aliphatic rings. The van der Waals surface area contributed by atoms with E-state index in [9.17, 15) is 20.1 Å². The quantitative estimate of drug-likeness (QED) is 0.445. The Morgan fingerprint density at radius 1 is 1.46 bits per heavy atom. The second-order valence-corrected chi connectivity index (χ2v) is 6.85. The van der Waals surface area contributed by atoms with Crippen molar-refractivity contribution in [3.63, 3.8) is 0 Å². The number of esters is 1. The lowest BCUT2D eigenvalue weighted by atomic mass is 9.81. The summed E-state index contributed by atoms with van der Waals surface area (Å²) in [5.41, 5.74) is -3.09. The molecular formula is C16H28ClNO6. The predicted octanol–water partition coefficient (Wildman–Crippen LogP) is -0.136. The molecule has 0 saturated carbocycles. The first-order chi connectivity index (χ1) is 10.6. The van der Waals surface area contributed by atoms with Crippen molar-refractivity contribution in [2.75, 3.05) is 26.8 Å². The monoisotopic (exact) mass is 365 g/mol. The summed E-state index contributed by atoms with van der Waals surface area (Å²) in [4.78, 5) is 14.5. The molecule has 2 heterocycles. The SMILES string of the molecule is COC(C)C(O)(C(=O)OCC1=CCN2CC[C@H](O)[C@@H]12)C(C)(C)O.Cl. The van der Waals surface area contributed by atoms with Crippen LogP contribution in [0, 0.1) is 0 Å². The molecule has 0 aromatic carbocycles. The Balaban J connectivity index is 0.00000288. The Morgan fingerprint density at radius 2 is 2.08 bits per heavy atom. The molecule has 8 heteroatoms. The molecule has 7 nitrogen and oxygen atoms in total. The Labute approximate surface area is 148 Å². The Hall–Kier alpha value is -0.700. The number of aliphatic hydroxyl groups is 3. The van der Waals surface area contributed by atoms with Gasteiger partial charge in [-0.15, -0.1) is 12.4 Å². The van der Waals surface area contributed by atoms with Crippen molar-refractivity contribution in [3.05, 3.63) is 11.6 Å². The fourth-order valence-corrected chi connectivity index (χ4v) is 3.37. The van der Waals surface area contributed by atoms with Crippen LogP contribution in [0.1, 0.15) is 27.2 Å². The van der Waals surface area contributed by atoms with Gasteiger partial charge in [0, 0.05) is 20.2 Å². The molecule has 1 fully saturated rings. The summed E-state index contributed by atoms with van der Waals surface area (Å²) in [6.07, 6.45) is 1.22. The van der Waals surface area contributed by atoms with Crippen molar-refractivity contribution in [1.29, 1.82) is 0 Å². The van der Waals surface area contributed by atoms with Gasteiger partial charge in [-0.05, 0) is 32.8 Å². The van der Waals surface area contributed by atoms with E-state index in [-0.39, 0.29) is 25.1 Å². The largest absolute Gasteiger partial charge is 0.459 e. The molecule has 0 aromatic rings. The zero-order valence-electron chi connectivity index (χ0n) is 14.6. The van der Waals surface area contributed by atoms with Gasteiger partial charge in [-0.3, -0.25) is 4.90 Å². The first kappa shape index (κ1) is 21.3. The molecule has 1 saturated heterocycles. The van der Waals surface area contributed by atoms with Crippen molar-refractivity contribution in [1.82, 2.24) is 4.90 Å². The van der Waals surface area contributed by atoms with E-state index in [1.165, 1.54) is 27.9 Å². The summed E-state index contributed by atoms with van der Waals surface area (Å²) >= 11 is 0. The van der Waals surface area contributed by atoms with Crippen LogP contribution in [0.2, 0.25) is 0 Å². The van der Waals surface area contributed by atoms with Gasteiger partial charge in [0.1, 0.15) is 12.2 Å². The number of carbonyl (C=O) groups is 1. The molecule has 0 aliphatic carbocycles. The zero-order valence-corrected chi connectivity index (χ0v) is 15.4. The van der Waals surface area contributed by atoms with Crippen LogP contribution < -0.4 is 0 Å². The highest BCUT2D eigenvalue weighted by atomic mass is 35.5. The average molecular weight is 366 g/mol. The maximum atomic E-state index is 12.4. The summed E-state index contributed by atoms with van der Waals surface area (Å²) in [7, 11) is 1.35. The molecule has 0 radical (unpaired) electrons. The number of nitrogens with zero attached hydrogens (tertiary/aromatic N) is 1. The van der Waals surface area contributed by atoms with Gasteiger partial charge in [0.25, 0.3) is 0 Å². The minimum Gasteiger partial charge on any atom is -0.459 e. The number of hydrogen-bond acceptors (Lipinski definition) is 7. The lowest BCUT2D eigenvalue weighted by molar-refractivity contribution is -0.216. The number of carbonyl (C=O) groups excluding carboxylic acids is 1. The fraction of sp³-hybridized carbons (Fsp3) is 0.812. The van der Waals surface area contributed by atoms with Crippen LogP contribution in [0.4, 0.5) is 0 Å². The Bertz CT molecular complexity index is 491. The minimum absolute atomic E-state index is 0. The molecule has 2 aliphatic heterocycles. The average Bonchev–Trinajstić information content (AvgIpc) is 3.05. The smallest absolute Gasteiger partial charge is 0.344 e. The lowest BCUT2D eigenvalue weighted by Gasteiger charge is -2.40. The predicted molar refractivity (Wildman–Crippen MR) is 90.0 cm³/mol. The van der Waals surface area contributed by atoms with Crippen molar-refractivity contribution in [2.45, 2.75) is 56.6 Å². The summed E-state index contributed by atoms with van der Waals surface area (Å²) in [6.45, 7) is 5.68. The topological polar surface area (TPSA) is 99.5 Å². The van der Waals surface area contributed by atoms with Crippen LogP contribution in [0.15, 0.2) is 11.6 Å².